The van der Waals surface area contributed by atoms with Gasteiger partial charge in [-0.25, -0.2) is 9.37 Å². The quantitative estimate of drug-likeness (QED) is 0.620. The highest BCUT2D eigenvalue weighted by Gasteiger charge is 2.11. The third kappa shape index (κ3) is 3.71. The van der Waals surface area contributed by atoms with E-state index in [0.29, 0.717) is 27.9 Å². The van der Waals surface area contributed by atoms with Gasteiger partial charge in [0.05, 0.1) is 7.11 Å². The van der Waals surface area contributed by atoms with Crippen LogP contribution in [0.3, 0.4) is 0 Å². The molecule has 1 heterocycles. The molecule has 1 aromatic heterocycles. The van der Waals surface area contributed by atoms with E-state index in [-0.39, 0.29) is 5.75 Å². The molecule has 0 aliphatic carbocycles. The number of benzene rings is 2. The number of anilines is 1. The van der Waals surface area contributed by atoms with Crippen LogP contribution in [0.5, 0.6) is 5.75 Å². The minimum absolute atomic E-state index is 0.171. The Morgan fingerprint density at radius 2 is 2.00 bits per heavy atom. The van der Waals surface area contributed by atoms with Crippen LogP contribution >= 0.6 is 23.2 Å². The van der Waals surface area contributed by atoms with Gasteiger partial charge in [-0.2, -0.15) is 0 Å². The van der Waals surface area contributed by atoms with Crippen LogP contribution in [0.2, 0.25) is 10.2 Å². The summed E-state index contributed by atoms with van der Waals surface area (Å²) in [6.45, 7) is 0.641. The van der Waals surface area contributed by atoms with Gasteiger partial charge in [0.2, 0.25) is 0 Å². The molecule has 0 spiro atoms. The van der Waals surface area contributed by atoms with Gasteiger partial charge in [0.25, 0.3) is 0 Å². The van der Waals surface area contributed by atoms with Crippen molar-refractivity contribution in [3.63, 3.8) is 0 Å². The molecule has 0 bridgehead atoms. The zero-order valence-electron chi connectivity index (χ0n) is 12.9. The van der Waals surface area contributed by atoms with E-state index in [4.69, 9.17) is 27.9 Å². The molecule has 0 unspecified atom stereocenters. The van der Waals surface area contributed by atoms with Crippen molar-refractivity contribution in [1.82, 2.24) is 4.98 Å². The summed E-state index contributed by atoms with van der Waals surface area (Å²) in [5, 5.41) is 5.68. The smallest absolute Gasteiger partial charge is 0.165 e. The predicted molar refractivity (Wildman–Crippen MR) is 96.9 cm³/mol. The number of pyridine rings is 1. The minimum atomic E-state index is -0.433. The summed E-state index contributed by atoms with van der Waals surface area (Å²) in [6.07, 6.45) is 0.772. The van der Waals surface area contributed by atoms with Gasteiger partial charge in [-0.05, 0) is 47.7 Å². The number of aromatic nitrogens is 1. The first-order valence-electron chi connectivity index (χ1n) is 7.39. The molecule has 0 atom stereocenters. The van der Waals surface area contributed by atoms with Crippen molar-refractivity contribution in [1.29, 1.82) is 0 Å². The number of fused-ring (bicyclic) bond motifs is 1. The minimum Gasteiger partial charge on any atom is -0.494 e. The van der Waals surface area contributed by atoms with Crippen molar-refractivity contribution < 1.29 is 9.13 Å². The molecule has 24 heavy (non-hydrogen) atoms. The number of halogens is 3. The normalized spacial score (nSPS) is 10.8. The summed E-state index contributed by atoms with van der Waals surface area (Å²) in [6, 6.07) is 12.3. The van der Waals surface area contributed by atoms with Crippen molar-refractivity contribution in [3.05, 3.63) is 64.0 Å². The molecule has 3 aromatic rings. The highest BCUT2D eigenvalue weighted by Crippen LogP contribution is 2.30. The second kappa shape index (κ2) is 7.24. The first-order chi connectivity index (χ1) is 11.6. The lowest BCUT2D eigenvalue weighted by atomic mass is 10.1. The summed E-state index contributed by atoms with van der Waals surface area (Å²) in [5.41, 5.74) is 1.12. The van der Waals surface area contributed by atoms with E-state index in [1.807, 2.05) is 24.3 Å². The van der Waals surface area contributed by atoms with E-state index in [1.54, 1.807) is 12.1 Å². The summed E-state index contributed by atoms with van der Waals surface area (Å²) in [4.78, 5) is 4.31. The van der Waals surface area contributed by atoms with Gasteiger partial charge in [0.1, 0.15) is 11.0 Å². The van der Waals surface area contributed by atoms with Crippen LogP contribution in [0.25, 0.3) is 10.8 Å². The number of hydrogen-bond donors (Lipinski definition) is 1. The van der Waals surface area contributed by atoms with Crippen molar-refractivity contribution in [2.24, 2.45) is 0 Å². The Morgan fingerprint density at radius 1 is 1.17 bits per heavy atom. The van der Waals surface area contributed by atoms with Crippen LogP contribution in [-0.2, 0) is 6.42 Å². The molecule has 0 radical (unpaired) electrons. The summed E-state index contributed by atoms with van der Waals surface area (Å²) in [7, 11) is 1.43. The Kier molecular flexibility index (Phi) is 5.07. The lowest BCUT2D eigenvalue weighted by molar-refractivity contribution is 0.387. The Balaban J connectivity index is 1.85. The van der Waals surface area contributed by atoms with Crippen LogP contribution in [0.1, 0.15) is 5.56 Å². The topological polar surface area (TPSA) is 34.1 Å². The molecular weight excluding hydrogens is 350 g/mol. The maximum absolute atomic E-state index is 13.9. The molecule has 6 heteroatoms. The van der Waals surface area contributed by atoms with Crippen LogP contribution in [0, 0.1) is 5.82 Å². The average molecular weight is 365 g/mol. The Morgan fingerprint density at radius 3 is 2.75 bits per heavy atom. The second-order valence-corrected chi connectivity index (χ2v) is 6.13. The Hall–Kier alpha value is -2.04. The molecular formula is C18H15Cl2FN2O. The maximum Gasteiger partial charge on any atom is 0.165 e. The fraction of sp³-hybridized carbons (Fsp3) is 0.167. The molecule has 0 fully saturated rings. The van der Waals surface area contributed by atoms with Gasteiger partial charge in [-0.3, -0.25) is 0 Å². The van der Waals surface area contributed by atoms with Crippen LogP contribution in [-0.4, -0.2) is 18.6 Å². The van der Waals surface area contributed by atoms with E-state index < -0.39 is 5.82 Å². The fourth-order valence-corrected chi connectivity index (χ4v) is 2.94. The van der Waals surface area contributed by atoms with Gasteiger partial charge in [-0.15, -0.1) is 0 Å². The van der Waals surface area contributed by atoms with Crippen LogP contribution in [0.4, 0.5) is 10.2 Å². The maximum atomic E-state index is 13.9. The van der Waals surface area contributed by atoms with Crippen molar-refractivity contribution in [3.8, 4) is 5.75 Å². The number of nitrogens with zero attached hydrogens (tertiary/aromatic N) is 1. The standard InChI is InChI=1S/C18H15Cl2FN2O/c1-24-16-10-14-12(8-15(16)21)9-17(20)23-18(14)22-6-5-11-3-2-4-13(19)7-11/h2-4,7-10H,5-6H2,1H3,(H,22,23). The molecule has 3 rings (SSSR count). The lowest BCUT2D eigenvalue weighted by Crippen LogP contribution is -2.07. The van der Waals surface area contributed by atoms with E-state index in [2.05, 4.69) is 10.3 Å². The molecule has 0 saturated heterocycles. The van der Waals surface area contributed by atoms with Crippen LogP contribution in [0.15, 0.2) is 42.5 Å². The number of ether oxygens (including phenoxy) is 1. The molecule has 0 amide bonds. The van der Waals surface area contributed by atoms with Gasteiger partial charge in [0, 0.05) is 17.0 Å². The van der Waals surface area contributed by atoms with E-state index in [0.717, 1.165) is 17.4 Å². The molecule has 0 saturated carbocycles. The molecule has 0 aliphatic rings. The molecule has 0 aliphatic heterocycles. The van der Waals surface area contributed by atoms with Crippen LogP contribution < -0.4 is 10.1 Å². The van der Waals surface area contributed by atoms with E-state index in [9.17, 15) is 4.39 Å². The largest absolute Gasteiger partial charge is 0.494 e. The third-order valence-electron chi connectivity index (χ3n) is 3.67. The SMILES string of the molecule is COc1cc2c(NCCc3cccc(Cl)c3)nc(Cl)cc2cc1F. The first-order valence-corrected chi connectivity index (χ1v) is 8.14. The van der Waals surface area contributed by atoms with Crippen molar-refractivity contribution >= 4 is 39.8 Å². The molecule has 124 valence electrons. The lowest BCUT2D eigenvalue weighted by Gasteiger charge is -2.11. The highest BCUT2D eigenvalue weighted by molar-refractivity contribution is 6.30. The monoisotopic (exact) mass is 364 g/mol. The van der Waals surface area contributed by atoms with Gasteiger partial charge < -0.3 is 10.1 Å². The number of rotatable bonds is 5. The van der Waals surface area contributed by atoms with Gasteiger partial charge in [0.15, 0.2) is 11.6 Å². The zero-order valence-corrected chi connectivity index (χ0v) is 14.5. The van der Waals surface area contributed by atoms with E-state index in [1.165, 1.54) is 13.2 Å². The Bertz CT molecular complexity index is 886. The molecule has 1 N–H and O–H groups in total. The Labute approximate surface area is 149 Å². The van der Waals surface area contributed by atoms with Gasteiger partial charge in [-0.1, -0.05) is 35.3 Å². The van der Waals surface area contributed by atoms with E-state index >= 15 is 0 Å². The highest BCUT2D eigenvalue weighted by atomic mass is 35.5. The van der Waals surface area contributed by atoms with Crippen molar-refractivity contribution in [2.45, 2.75) is 6.42 Å². The predicted octanol–water partition coefficient (Wildman–Crippen LogP) is 5.34. The molecule has 3 nitrogen and oxygen atoms in total. The number of nitrogens with one attached hydrogen (secondary N) is 1. The number of hydrogen-bond acceptors (Lipinski definition) is 3. The summed E-state index contributed by atoms with van der Waals surface area (Å²) >= 11 is 12.0. The van der Waals surface area contributed by atoms with Gasteiger partial charge >= 0.3 is 0 Å². The number of methoxy groups -OCH3 is 1. The third-order valence-corrected chi connectivity index (χ3v) is 4.10. The molecule has 2 aromatic carbocycles. The summed E-state index contributed by atoms with van der Waals surface area (Å²) < 4.78 is 18.9. The average Bonchev–Trinajstić information content (AvgIpc) is 2.54. The zero-order chi connectivity index (χ0) is 17.1. The first kappa shape index (κ1) is 16.8. The second-order valence-electron chi connectivity index (χ2n) is 5.31. The van der Waals surface area contributed by atoms with Crippen molar-refractivity contribution in [2.75, 3.05) is 19.0 Å². The fourth-order valence-electron chi connectivity index (χ4n) is 2.53. The summed E-state index contributed by atoms with van der Waals surface area (Å²) in [5.74, 6) is 0.333.